The van der Waals surface area contributed by atoms with Gasteiger partial charge in [-0.2, -0.15) is 9.97 Å². The summed E-state index contributed by atoms with van der Waals surface area (Å²) in [5, 5.41) is 18.9. The number of pyridine rings is 1. The fraction of sp³-hybridized carbons (Fsp3) is 0.481. The Morgan fingerprint density at radius 2 is 1.55 bits per heavy atom. The van der Waals surface area contributed by atoms with Gasteiger partial charge in [0.2, 0.25) is 11.8 Å². The molecule has 6 aliphatic heterocycles. The number of rotatable bonds is 13. The van der Waals surface area contributed by atoms with Gasteiger partial charge < -0.3 is 29.7 Å². The maximum atomic E-state index is 17.0. The molecule has 0 saturated carbocycles. The molecular weight excluding hydrogens is 882 g/mol. The number of benzene rings is 3. The zero-order valence-electron chi connectivity index (χ0n) is 38.9. The molecule has 0 radical (unpaired) electrons. The molecule has 3 unspecified atom stereocenters. The summed E-state index contributed by atoms with van der Waals surface area (Å²) in [4.78, 5) is 72.8. The van der Waals surface area contributed by atoms with Crippen LogP contribution in [0.25, 0.3) is 32.9 Å². The Morgan fingerprint density at radius 3 is 2.29 bits per heavy atom. The number of phenols is 1. The first-order chi connectivity index (χ1) is 33.6. The van der Waals surface area contributed by atoms with Gasteiger partial charge in [0, 0.05) is 81.9 Å². The number of aryl methyl sites for hydroxylation is 1. The van der Waals surface area contributed by atoms with E-state index >= 15 is 4.39 Å². The Kier molecular flexibility index (Phi) is 12.4. The lowest BCUT2D eigenvalue weighted by Crippen LogP contribution is -2.54. The third-order valence-corrected chi connectivity index (χ3v) is 15.3. The van der Waals surface area contributed by atoms with Crippen molar-refractivity contribution in [2.45, 2.75) is 82.8 Å². The van der Waals surface area contributed by atoms with Crippen molar-refractivity contribution in [2.75, 3.05) is 75.4 Å². The molecule has 5 aromatic rings. The highest BCUT2D eigenvalue weighted by Crippen LogP contribution is 2.39. The second-order valence-electron chi connectivity index (χ2n) is 19.7. The number of piperidine rings is 3. The van der Waals surface area contributed by atoms with Crippen LogP contribution in [0.5, 0.6) is 11.8 Å². The van der Waals surface area contributed by atoms with Gasteiger partial charge in [0.1, 0.15) is 35.4 Å². The number of nitrogens with one attached hydrogen (secondary N) is 2. The van der Waals surface area contributed by atoms with Gasteiger partial charge in [-0.25, -0.2) is 4.39 Å². The van der Waals surface area contributed by atoms with Gasteiger partial charge in [0.15, 0.2) is 5.82 Å². The first-order valence-electron chi connectivity index (χ1n) is 24.7. The normalized spacial score (nSPS) is 22.6. The molecule has 8 heterocycles. The Morgan fingerprint density at radius 1 is 0.812 bits per heavy atom. The average molecular weight is 940 g/mol. The number of carbonyl (C=O) groups is 4. The number of aromatic hydroxyl groups is 1. The van der Waals surface area contributed by atoms with E-state index in [0.717, 1.165) is 118 Å². The number of carbonyl (C=O) groups excluding carboxylic acids is 4. The number of fused-ring (bicyclic) bond motifs is 5. The number of hydrogen-bond acceptors (Lipinski definition) is 14. The van der Waals surface area contributed by atoms with Crippen molar-refractivity contribution < 1.29 is 38.1 Å². The molecule has 11 rings (SSSR count). The molecule has 5 saturated heterocycles. The summed E-state index contributed by atoms with van der Waals surface area (Å²) in [6.45, 7) is 9.48. The predicted molar refractivity (Wildman–Crippen MR) is 257 cm³/mol. The molecule has 0 aliphatic carbocycles. The van der Waals surface area contributed by atoms with Crippen LogP contribution < -0.4 is 25.2 Å². The molecule has 3 aromatic carbocycles. The highest BCUT2D eigenvalue weighted by atomic mass is 19.1. The smallest absolute Gasteiger partial charge is 0.319 e. The van der Waals surface area contributed by atoms with E-state index < -0.39 is 35.5 Å². The lowest BCUT2D eigenvalue weighted by Gasteiger charge is -2.35. The number of likely N-dealkylation sites (tertiary alicyclic amines) is 1. The molecule has 16 nitrogen and oxygen atoms in total. The Labute approximate surface area is 399 Å². The fourth-order valence-electron chi connectivity index (χ4n) is 11.5. The van der Waals surface area contributed by atoms with E-state index in [4.69, 9.17) is 24.4 Å². The number of amides is 4. The van der Waals surface area contributed by atoms with Crippen LogP contribution in [0.15, 0.2) is 54.7 Å². The van der Waals surface area contributed by atoms with Crippen LogP contribution >= 0.6 is 0 Å². The standard InChI is InChI=1S/C52H58FN9O7/c1-2-32-4-3-5-33-22-37(63)24-40(44(32)33)46-45(53)47-41(25-54-46)48(61-26-34-6-7-35(27-61)55-34)58-52(57-47)69-21-20-59-16-12-30(13-17-59)28-68-29-31-14-18-60(19-15-31)36-8-9-38-39(23-36)51(67)62(50(38)66)42-10-11-43(64)56-49(42)65/h3-5,8-9,22-25,30-31,34-35,42,55,63H,2,6-7,10-21,26-29H2,1H3,(H,56,64,65). The largest absolute Gasteiger partial charge is 0.508 e. The van der Waals surface area contributed by atoms with Gasteiger partial charge in [-0.05, 0) is 123 Å². The van der Waals surface area contributed by atoms with Crippen molar-refractivity contribution in [3.8, 4) is 23.0 Å². The zero-order chi connectivity index (χ0) is 47.3. The minimum absolute atomic E-state index is 0.0425. The minimum Gasteiger partial charge on any atom is -0.508 e. The van der Waals surface area contributed by atoms with Crippen LogP contribution in [-0.4, -0.2) is 137 Å². The third-order valence-electron chi connectivity index (χ3n) is 15.3. The summed E-state index contributed by atoms with van der Waals surface area (Å²) < 4.78 is 29.6. The van der Waals surface area contributed by atoms with Crippen molar-refractivity contribution in [1.29, 1.82) is 0 Å². The number of ether oxygens (including phenoxy) is 2. The molecule has 2 aromatic heterocycles. The summed E-state index contributed by atoms with van der Waals surface area (Å²) in [5.74, 6) is -0.997. The van der Waals surface area contributed by atoms with Crippen LogP contribution in [0.2, 0.25) is 0 Å². The van der Waals surface area contributed by atoms with Gasteiger partial charge in [0.05, 0.1) is 16.5 Å². The summed E-state index contributed by atoms with van der Waals surface area (Å²) >= 11 is 0. The lowest BCUT2D eigenvalue weighted by atomic mass is 9.95. The summed E-state index contributed by atoms with van der Waals surface area (Å²) in [6.07, 6.45) is 8.74. The van der Waals surface area contributed by atoms with Crippen LogP contribution in [0.3, 0.4) is 0 Å². The van der Waals surface area contributed by atoms with Crippen molar-refractivity contribution >= 4 is 56.8 Å². The number of piperazine rings is 1. The number of hydrogen-bond donors (Lipinski definition) is 3. The second kappa shape index (κ2) is 18.9. The Bertz CT molecular complexity index is 2840. The highest BCUT2D eigenvalue weighted by Gasteiger charge is 2.45. The maximum Gasteiger partial charge on any atom is 0.319 e. The first-order valence-corrected chi connectivity index (χ1v) is 24.7. The van der Waals surface area contributed by atoms with Crippen molar-refractivity contribution in [3.63, 3.8) is 0 Å². The minimum atomic E-state index is -0.982. The highest BCUT2D eigenvalue weighted by molar-refractivity contribution is 6.23. The summed E-state index contributed by atoms with van der Waals surface area (Å²) in [7, 11) is 0. The molecule has 4 amide bonds. The van der Waals surface area contributed by atoms with Gasteiger partial charge in [-0.15, -0.1) is 0 Å². The molecule has 3 N–H and O–H groups in total. The van der Waals surface area contributed by atoms with Crippen LogP contribution in [0.1, 0.15) is 84.6 Å². The van der Waals surface area contributed by atoms with Crippen LogP contribution in [0.4, 0.5) is 15.9 Å². The zero-order valence-corrected chi connectivity index (χ0v) is 38.9. The number of imide groups is 2. The molecule has 17 heteroatoms. The van der Waals surface area contributed by atoms with E-state index in [0.29, 0.717) is 66.0 Å². The number of phenolic OH excluding ortho intramolecular Hbond substituents is 1. The van der Waals surface area contributed by atoms with E-state index in [1.54, 1.807) is 30.5 Å². The van der Waals surface area contributed by atoms with E-state index in [1.165, 1.54) is 0 Å². The maximum absolute atomic E-state index is 17.0. The molecule has 5 fully saturated rings. The van der Waals surface area contributed by atoms with Gasteiger partial charge in [-0.3, -0.25) is 39.3 Å². The molecule has 69 heavy (non-hydrogen) atoms. The third kappa shape index (κ3) is 8.84. The summed E-state index contributed by atoms with van der Waals surface area (Å²) in [5.41, 5.74) is 3.31. The molecule has 2 bridgehead atoms. The van der Waals surface area contributed by atoms with Gasteiger partial charge in [-0.1, -0.05) is 25.1 Å². The SMILES string of the molecule is CCc1cccc2cc(O)cc(-c3ncc4c(N5CC6CCC(C5)N6)nc(OCCN5CCC(COCC6CCN(c7ccc8c(c7)C(=O)N(C7CCC(=O)NC7=O)C8=O)CC6)CC5)nc4c3F)c12. The first kappa shape index (κ1) is 45.2. The summed E-state index contributed by atoms with van der Waals surface area (Å²) in [6, 6.07) is 14.3. The Hall–Kier alpha value is -6.30. The van der Waals surface area contributed by atoms with Gasteiger partial charge >= 0.3 is 6.01 Å². The quantitative estimate of drug-likeness (QED) is 0.124. The molecule has 6 aliphatic rings. The van der Waals surface area contributed by atoms with Crippen molar-refractivity contribution in [1.82, 2.24) is 35.4 Å². The number of nitrogens with zero attached hydrogens (tertiary/aromatic N) is 7. The molecular formula is C52H58FN9O7. The van der Waals surface area contributed by atoms with Gasteiger partial charge in [0.25, 0.3) is 11.8 Å². The average Bonchev–Trinajstić information content (AvgIpc) is 3.83. The number of aromatic nitrogens is 3. The van der Waals surface area contributed by atoms with E-state index in [9.17, 15) is 24.3 Å². The van der Waals surface area contributed by atoms with Crippen molar-refractivity contribution in [3.05, 3.63) is 77.2 Å². The topological polar surface area (TPSA) is 183 Å². The molecule has 0 spiro atoms. The second-order valence-corrected chi connectivity index (χ2v) is 19.7. The van der Waals surface area contributed by atoms with E-state index in [1.807, 2.05) is 24.3 Å². The monoisotopic (exact) mass is 939 g/mol. The fourth-order valence-corrected chi connectivity index (χ4v) is 11.5. The lowest BCUT2D eigenvalue weighted by molar-refractivity contribution is -0.136. The molecule has 360 valence electrons. The number of anilines is 2. The number of halogens is 1. The predicted octanol–water partition coefficient (Wildman–Crippen LogP) is 5.62. The van der Waals surface area contributed by atoms with E-state index in [-0.39, 0.29) is 41.4 Å². The van der Waals surface area contributed by atoms with E-state index in [2.05, 4.69) is 32.3 Å². The van der Waals surface area contributed by atoms with Crippen LogP contribution in [-0.2, 0) is 20.7 Å². The van der Waals surface area contributed by atoms with Crippen molar-refractivity contribution in [2.24, 2.45) is 11.8 Å². The van der Waals surface area contributed by atoms with Crippen LogP contribution in [0, 0.1) is 17.7 Å². The molecule has 3 atom stereocenters. The Balaban J connectivity index is 0.676.